The fourth-order valence-corrected chi connectivity index (χ4v) is 3.87. The molecule has 0 aliphatic carbocycles. The number of benzene rings is 1. The van der Waals surface area contributed by atoms with Gasteiger partial charge < -0.3 is 24.6 Å². The molecule has 1 aliphatic heterocycles. The number of ether oxygens (including phenoxy) is 1. The summed E-state index contributed by atoms with van der Waals surface area (Å²) in [7, 11) is 1.63. The van der Waals surface area contributed by atoms with Crippen LogP contribution in [0.2, 0.25) is 0 Å². The lowest BCUT2D eigenvalue weighted by Crippen LogP contribution is -2.51. The Kier molecular flexibility index (Phi) is 5.20. The zero-order chi connectivity index (χ0) is 22.1. The van der Waals surface area contributed by atoms with Crippen molar-refractivity contribution in [1.29, 1.82) is 0 Å². The molecule has 1 aliphatic rings. The van der Waals surface area contributed by atoms with E-state index in [0.717, 1.165) is 28.2 Å². The molecule has 0 unspecified atom stereocenters. The molecule has 0 bridgehead atoms. The van der Waals surface area contributed by atoms with E-state index in [1.54, 1.807) is 19.5 Å². The summed E-state index contributed by atoms with van der Waals surface area (Å²) in [5.74, 6) is 1.31. The first-order valence-electron chi connectivity index (χ1n) is 10.4. The third kappa shape index (κ3) is 3.88. The van der Waals surface area contributed by atoms with E-state index >= 15 is 0 Å². The van der Waals surface area contributed by atoms with Gasteiger partial charge in [0.05, 0.1) is 25.1 Å². The summed E-state index contributed by atoms with van der Waals surface area (Å²) in [6.07, 6.45) is 3.06. The Labute approximate surface area is 185 Å². The summed E-state index contributed by atoms with van der Waals surface area (Å²) in [6.45, 7) is 1.64. The monoisotopic (exact) mass is 429 g/mol. The lowest BCUT2D eigenvalue weighted by Gasteiger charge is -2.36. The molecule has 1 saturated heterocycles. The van der Waals surface area contributed by atoms with Crippen LogP contribution in [-0.4, -0.2) is 51.9 Å². The smallest absolute Gasteiger partial charge is 0.272 e. The molecule has 0 radical (unpaired) electrons. The Morgan fingerprint density at radius 1 is 1.16 bits per heavy atom. The number of methoxy groups -OCH3 is 1. The minimum atomic E-state index is -0.295. The van der Waals surface area contributed by atoms with Gasteiger partial charge in [-0.1, -0.05) is 12.1 Å². The van der Waals surface area contributed by atoms with Crippen molar-refractivity contribution >= 4 is 28.4 Å². The third-order valence-corrected chi connectivity index (χ3v) is 5.56. The van der Waals surface area contributed by atoms with Crippen molar-refractivity contribution in [1.82, 2.24) is 14.5 Å². The SMILES string of the molecule is COc1cccc(Cn2c(C(=O)Nc3ccc(N4CC(O)C4)nc3)cc3cccnc32)c1. The van der Waals surface area contributed by atoms with Crippen molar-refractivity contribution in [2.45, 2.75) is 12.6 Å². The van der Waals surface area contributed by atoms with Gasteiger partial charge in [-0.3, -0.25) is 4.79 Å². The maximum Gasteiger partial charge on any atom is 0.272 e. The highest BCUT2D eigenvalue weighted by molar-refractivity contribution is 6.06. The van der Waals surface area contributed by atoms with Crippen LogP contribution in [0.5, 0.6) is 5.75 Å². The van der Waals surface area contributed by atoms with Gasteiger partial charge in [0.15, 0.2) is 0 Å². The lowest BCUT2D eigenvalue weighted by molar-refractivity contribution is 0.101. The van der Waals surface area contributed by atoms with Crippen LogP contribution in [0, 0.1) is 0 Å². The number of hydrogen-bond acceptors (Lipinski definition) is 6. The molecule has 0 saturated carbocycles. The van der Waals surface area contributed by atoms with E-state index in [2.05, 4.69) is 15.3 Å². The van der Waals surface area contributed by atoms with Gasteiger partial charge >= 0.3 is 0 Å². The summed E-state index contributed by atoms with van der Waals surface area (Å²) in [5, 5.41) is 13.3. The molecule has 8 heteroatoms. The predicted molar refractivity (Wildman–Crippen MR) is 122 cm³/mol. The number of amides is 1. The number of carbonyl (C=O) groups is 1. The molecule has 4 aromatic rings. The van der Waals surface area contributed by atoms with Crippen molar-refractivity contribution in [3.05, 3.63) is 78.2 Å². The van der Waals surface area contributed by atoms with Crippen LogP contribution in [0.1, 0.15) is 16.1 Å². The number of rotatable bonds is 6. The summed E-state index contributed by atoms with van der Waals surface area (Å²) in [6, 6.07) is 17.1. The molecular weight excluding hydrogens is 406 g/mol. The van der Waals surface area contributed by atoms with E-state index in [1.807, 2.05) is 64.1 Å². The lowest BCUT2D eigenvalue weighted by atomic mass is 10.2. The molecule has 1 aromatic carbocycles. The van der Waals surface area contributed by atoms with Crippen molar-refractivity contribution in [2.75, 3.05) is 30.4 Å². The number of fused-ring (bicyclic) bond motifs is 1. The van der Waals surface area contributed by atoms with Crippen LogP contribution in [-0.2, 0) is 6.54 Å². The molecule has 32 heavy (non-hydrogen) atoms. The van der Waals surface area contributed by atoms with Gasteiger partial charge in [-0.05, 0) is 48.0 Å². The molecule has 5 rings (SSSR count). The Bertz CT molecular complexity index is 1260. The van der Waals surface area contributed by atoms with Crippen molar-refractivity contribution in [2.24, 2.45) is 0 Å². The molecule has 0 atom stereocenters. The van der Waals surface area contributed by atoms with Gasteiger partial charge in [-0.15, -0.1) is 0 Å². The molecule has 1 fully saturated rings. The van der Waals surface area contributed by atoms with Crippen molar-refractivity contribution in [3.63, 3.8) is 0 Å². The third-order valence-electron chi connectivity index (χ3n) is 5.56. The van der Waals surface area contributed by atoms with E-state index in [4.69, 9.17) is 4.74 Å². The highest BCUT2D eigenvalue weighted by Crippen LogP contribution is 2.23. The fourth-order valence-electron chi connectivity index (χ4n) is 3.87. The average molecular weight is 429 g/mol. The van der Waals surface area contributed by atoms with Crippen LogP contribution in [0.4, 0.5) is 11.5 Å². The minimum Gasteiger partial charge on any atom is -0.497 e. The minimum absolute atomic E-state index is 0.236. The van der Waals surface area contributed by atoms with Gasteiger partial charge in [0.1, 0.15) is 22.9 Å². The van der Waals surface area contributed by atoms with Gasteiger partial charge in [0, 0.05) is 31.2 Å². The Hall–Kier alpha value is -3.91. The number of carbonyl (C=O) groups excluding carboxylic acids is 1. The van der Waals surface area contributed by atoms with Crippen LogP contribution in [0.25, 0.3) is 11.0 Å². The van der Waals surface area contributed by atoms with E-state index in [-0.39, 0.29) is 12.0 Å². The normalized spacial score (nSPS) is 13.8. The molecule has 162 valence electrons. The van der Waals surface area contributed by atoms with E-state index in [1.165, 1.54) is 0 Å². The predicted octanol–water partition coefficient (Wildman–Crippen LogP) is 2.92. The van der Waals surface area contributed by atoms with Gasteiger partial charge in [0.25, 0.3) is 5.91 Å². The molecule has 3 aromatic heterocycles. The number of anilines is 2. The molecule has 8 nitrogen and oxygen atoms in total. The summed E-state index contributed by atoms with van der Waals surface area (Å²) in [4.78, 5) is 24.1. The van der Waals surface area contributed by atoms with E-state index in [0.29, 0.717) is 31.0 Å². The van der Waals surface area contributed by atoms with Crippen LogP contribution >= 0.6 is 0 Å². The second-order valence-electron chi connectivity index (χ2n) is 7.80. The van der Waals surface area contributed by atoms with Gasteiger partial charge in [-0.2, -0.15) is 0 Å². The van der Waals surface area contributed by atoms with Crippen LogP contribution < -0.4 is 15.0 Å². The summed E-state index contributed by atoms with van der Waals surface area (Å²) < 4.78 is 7.24. The molecule has 0 spiro atoms. The Morgan fingerprint density at radius 3 is 2.78 bits per heavy atom. The first-order chi connectivity index (χ1) is 15.6. The number of β-amino-alcohol motifs (C(OH)–C–C–N with tert-alkyl or cyclic N) is 1. The van der Waals surface area contributed by atoms with Crippen molar-refractivity contribution in [3.8, 4) is 5.75 Å². The highest BCUT2D eigenvalue weighted by Gasteiger charge is 2.25. The first-order valence-corrected chi connectivity index (χ1v) is 10.4. The quantitative estimate of drug-likeness (QED) is 0.490. The van der Waals surface area contributed by atoms with Crippen molar-refractivity contribution < 1.29 is 14.6 Å². The molecule has 4 heterocycles. The van der Waals surface area contributed by atoms with E-state index < -0.39 is 0 Å². The van der Waals surface area contributed by atoms with Crippen LogP contribution in [0.3, 0.4) is 0 Å². The van der Waals surface area contributed by atoms with Crippen LogP contribution in [0.15, 0.2) is 67.0 Å². The Balaban J connectivity index is 1.41. The highest BCUT2D eigenvalue weighted by atomic mass is 16.5. The molecule has 2 N–H and O–H groups in total. The van der Waals surface area contributed by atoms with E-state index in [9.17, 15) is 9.90 Å². The molecular formula is C24H23N5O3. The number of aromatic nitrogens is 3. The second-order valence-corrected chi connectivity index (χ2v) is 7.80. The Morgan fingerprint density at radius 2 is 2.03 bits per heavy atom. The number of nitrogens with one attached hydrogen (secondary N) is 1. The largest absolute Gasteiger partial charge is 0.497 e. The van der Waals surface area contributed by atoms with Gasteiger partial charge in [-0.25, -0.2) is 9.97 Å². The second kappa shape index (κ2) is 8.32. The first kappa shape index (κ1) is 20.0. The molecule has 1 amide bonds. The maximum absolute atomic E-state index is 13.2. The summed E-state index contributed by atoms with van der Waals surface area (Å²) >= 11 is 0. The fraction of sp³-hybridized carbons (Fsp3) is 0.208. The number of pyridine rings is 2. The maximum atomic E-state index is 13.2. The zero-order valence-corrected chi connectivity index (χ0v) is 17.6. The number of nitrogens with zero attached hydrogens (tertiary/aromatic N) is 4. The standard InChI is InChI=1S/C24H23N5O3/c1-32-20-6-2-4-16(10-20)13-29-21(11-17-5-3-9-25-23(17)29)24(31)27-18-7-8-22(26-12-18)28-14-19(30)15-28/h2-12,19,30H,13-15H2,1H3,(H,27,31). The zero-order valence-electron chi connectivity index (χ0n) is 17.6. The number of aliphatic hydroxyl groups is 1. The summed E-state index contributed by atoms with van der Waals surface area (Å²) in [5.41, 5.74) is 2.86. The average Bonchev–Trinajstić information content (AvgIpc) is 3.16. The number of hydrogen-bond donors (Lipinski definition) is 2. The topological polar surface area (TPSA) is 92.5 Å². The number of aliphatic hydroxyl groups excluding tert-OH is 1. The van der Waals surface area contributed by atoms with Gasteiger partial charge in [0.2, 0.25) is 0 Å².